The first-order valence-electron chi connectivity index (χ1n) is 8.36. The highest BCUT2D eigenvalue weighted by atomic mass is 35.5. The second kappa shape index (κ2) is 9.47. The van der Waals surface area contributed by atoms with Crippen LogP contribution in [0, 0.1) is 0 Å². The van der Waals surface area contributed by atoms with Crippen LogP contribution in [0.3, 0.4) is 0 Å². The predicted molar refractivity (Wildman–Crippen MR) is 112 cm³/mol. The highest BCUT2D eigenvalue weighted by Gasteiger charge is 2.34. The predicted octanol–water partition coefficient (Wildman–Crippen LogP) is 3.70. The molecule has 0 saturated heterocycles. The molecule has 0 aliphatic carbocycles. The fraction of sp³-hybridized carbons (Fsp3) is 0.263. The highest BCUT2D eigenvalue weighted by Crippen LogP contribution is 2.40. The SMILES string of the molecule is COC(=O)[C@H]1C[C@H](NC(=O)c2cccc(CN)c2)c2c(Cl)cc(Cl)cc2N1.Cl. The third-order valence-corrected chi connectivity index (χ3v) is 4.99. The molecule has 150 valence electrons. The smallest absolute Gasteiger partial charge is 0.328 e. The van der Waals surface area contributed by atoms with Gasteiger partial charge in [0.15, 0.2) is 0 Å². The number of rotatable bonds is 4. The number of carbonyl (C=O) groups is 2. The van der Waals surface area contributed by atoms with Gasteiger partial charge in [0.25, 0.3) is 5.91 Å². The largest absolute Gasteiger partial charge is 0.467 e. The van der Waals surface area contributed by atoms with Gasteiger partial charge in [-0.2, -0.15) is 0 Å². The van der Waals surface area contributed by atoms with Crippen molar-refractivity contribution in [2.24, 2.45) is 5.73 Å². The first-order valence-corrected chi connectivity index (χ1v) is 9.11. The van der Waals surface area contributed by atoms with Crippen LogP contribution in [0.1, 0.15) is 33.9 Å². The Morgan fingerprint density at radius 2 is 2.04 bits per heavy atom. The molecule has 0 aromatic heterocycles. The average Bonchev–Trinajstić information content (AvgIpc) is 2.66. The van der Waals surface area contributed by atoms with Gasteiger partial charge < -0.3 is 21.1 Å². The molecule has 2 aromatic carbocycles. The molecule has 0 saturated carbocycles. The second-order valence-corrected chi connectivity index (χ2v) is 7.08. The van der Waals surface area contributed by atoms with Gasteiger partial charge in [0.05, 0.1) is 13.2 Å². The third-order valence-electron chi connectivity index (χ3n) is 4.46. The van der Waals surface area contributed by atoms with E-state index in [4.69, 9.17) is 33.7 Å². The summed E-state index contributed by atoms with van der Waals surface area (Å²) in [6, 6.07) is 9.24. The van der Waals surface area contributed by atoms with E-state index in [9.17, 15) is 9.59 Å². The van der Waals surface area contributed by atoms with Crippen molar-refractivity contribution in [3.05, 3.63) is 63.1 Å². The molecule has 4 N–H and O–H groups in total. The third kappa shape index (κ3) is 4.70. The van der Waals surface area contributed by atoms with Crippen LogP contribution in [0.5, 0.6) is 0 Å². The fourth-order valence-electron chi connectivity index (χ4n) is 3.17. The standard InChI is InChI=1S/C19H19Cl2N3O3.ClH/c1-27-19(26)16-8-15(17-13(21)6-12(20)7-14(17)23-16)24-18(25)11-4-2-3-10(5-11)9-22;/h2-7,15-16,23H,8-9,22H2,1H3,(H,24,25);1H/t15-,16+;/m0./s1. The molecule has 0 radical (unpaired) electrons. The summed E-state index contributed by atoms with van der Waals surface area (Å²) in [5.74, 6) is -0.709. The zero-order valence-corrected chi connectivity index (χ0v) is 17.3. The van der Waals surface area contributed by atoms with Crippen molar-refractivity contribution in [3.8, 4) is 0 Å². The zero-order valence-electron chi connectivity index (χ0n) is 15.0. The Bertz CT molecular complexity index is 892. The molecule has 6 nitrogen and oxygen atoms in total. The quantitative estimate of drug-likeness (QED) is 0.625. The van der Waals surface area contributed by atoms with Crippen LogP contribution in [-0.2, 0) is 16.1 Å². The number of hydrogen-bond acceptors (Lipinski definition) is 5. The van der Waals surface area contributed by atoms with E-state index in [1.807, 2.05) is 6.07 Å². The molecule has 0 bridgehead atoms. The van der Waals surface area contributed by atoms with E-state index < -0.39 is 18.1 Å². The normalized spacial score (nSPS) is 17.6. The van der Waals surface area contributed by atoms with Crippen molar-refractivity contribution in [3.63, 3.8) is 0 Å². The molecular formula is C19H20Cl3N3O3. The molecular weight excluding hydrogens is 425 g/mol. The minimum Gasteiger partial charge on any atom is -0.467 e. The van der Waals surface area contributed by atoms with Crippen LogP contribution in [0.25, 0.3) is 0 Å². The molecule has 0 unspecified atom stereocenters. The molecule has 0 fully saturated rings. The summed E-state index contributed by atoms with van der Waals surface area (Å²) < 4.78 is 4.84. The second-order valence-electron chi connectivity index (χ2n) is 6.24. The van der Waals surface area contributed by atoms with E-state index in [0.29, 0.717) is 39.8 Å². The van der Waals surface area contributed by atoms with E-state index in [1.54, 1.807) is 30.3 Å². The maximum absolute atomic E-state index is 12.8. The Hall–Kier alpha value is -1.99. The monoisotopic (exact) mass is 443 g/mol. The van der Waals surface area contributed by atoms with E-state index in [1.165, 1.54) is 7.11 Å². The Morgan fingerprint density at radius 3 is 2.71 bits per heavy atom. The summed E-state index contributed by atoms with van der Waals surface area (Å²) in [6.07, 6.45) is 0.295. The van der Waals surface area contributed by atoms with E-state index in [0.717, 1.165) is 5.56 Å². The molecule has 2 aromatic rings. The van der Waals surface area contributed by atoms with Crippen molar-refractivity contribution in [1.82, 2.24) is 5.32 Å². The van der Waals surface area contributed by atoms with Crippen molar-refractivity contribution in [2.75, 3.05) is 12.4 Å². The van der Waals surface area contributed by atoms with E-state index in [-0.39, 0.29) is 18.3 Å². The average molecular weight is 445 g/mol. The topological polar surface area (TPSA) is 93.5 Å². The van der Waals surface area contributed by atoms with E-state index >= 15 is 0 Å². The highest BCUT2D eigenvalue weighted by molar-refractivity contribution is 6.35. The van der Waals surface area contributed by atoms with Crippen molar-refractivity contribution >= 4 is 53.2 Å². The van der Waals surface area contributed by atoms with Gasteiger partial charge in [0.2, 0.25) is 0 Å². The van der Waals surface area contributed by atoms with Gasteiger partial charge >= 0.3 is 5.97 Å². The molecule has 2 atom stereocenters. The molecule has 28 heavy (non-hydrogen) atoms. The number of nitrogens with one attached hydrogen (secondary N) is 2. The maximum Gasteiger partial charge on any atom is 0.328 e. The molecule has 1 amide bonds. The van der Waals surface area contributed by atoms with Crippen LogP contribution in [0.15, 0.2) is 36.4 Å². The minimum absolute atomic E-state index is 0. The number of fused-ring (bicyclic) bond motifs is 1. The van der Waals surface area contributed by atoms with Gasteiger partial charge in [-0.3, -0.25) is 4.79 Å². The summed E-state index contributed by atoms with van der Waals surface area (Å²) in [6.45, 7) is 0.339. The van der Waals surface area contributed by atoms with Crippen molar-refractivity contribution in [2.45, 2.75) is 25.0 Å². The van der Waals surface area contributed by atoms with Crippen molar-refractivity contribution < 1.29 is 14.3 Å². The first-order chi connectivity index (χ1) is 12.9. The lowest BCUT2D eigenvalue weighted by atomic mass is 9.92. The minimum atomic E-state index is -0.627. The van der Waals surface area contributed by atoms with Gasteiger partial charge in [-0.1, -0.05) is 35.3 Å². The number of amides is 1. The Balaban J connectivity index is 0.00000280. The number of halogens is 3. The van der Waals surface area contributed by atoms with Crippen LogP contribution < -0.4 is 16.4 Å². The number of benzene rings is 2. The number of anilines is 1. The number of nitrogens with two attached hydrogens (primary N) is 1. The molecule has 1 aliphatic rings. The van der Waals surface area contributed by atoms with Crippen LogP contribution in [0.4, 0.5) is 5.69 Å². The van der Waals surface area contributed by atoms with Crippen LogP contribution in [0.2, 0.25) is 10.0 Å². The number of methoxy groups -OCH3 is 1. The van der Waals surface area contributed by atoms with Gasteiger partial charge in [0, 0.05) is 39.8 Å². The lowest BCUT2D eigenvalue weighted by Crippen LogP contribution is -2.41. The Labute approximate surface area is 179 Å². The lowest BCUT2D eigenvalue weighted by molar-refractivity contribution is -0.141. The van der Waals surface area contributed by atoms with Crippen LogP contribution in [-0.4, -0.2) is 25.0 Å². The number of esters is 1. The number of hydrogen-bond donors (Lipinski definition) is 3. The fourth-order valence-corrected chi connectivity index (χ4v) is 3.79. The van der Waals surface area contributed by atoms with E-state index in [2.05, 4.69) is 10.6 Å². The van der Waals surface area contributed by atoms with Gasteiger partial charge in [0.1, 0.15) is 6.04 Å². The van der Waals surface area contributed by atoms with Crippen molar-refractivity contribution in [1.29, 1.82) is 0 Å². The summed E-state index contributed by atoms with van der Waals surface area (Å²) in [5, 5.41) is 6.88. The molecule has 1 heterocycles. The molecule has 0 spiro atoms. The zero-order chi connectivity index (χ0) is 19.6. The van der Waals surface area contributed by atoms with Gasteiger partial charge in [-0.15, -0.1) is 12.4 Å². The summed E-state index contributed by atoms with van der Waals surface area (Å²) in [7, 11) is 1.32. The molecule has 9 heteroatoms. The summed E-state index contributed by atoms with van der Waals surface area (Å²) >= 11 is 12.5. The molecule has 1 aliphatic heterocycles. The Morgan fingerprint density at radius 1 is 1.29 bits per heavy atom. The maximum atomic E-state index is 12.8. The lowest BCUT2D eigenvalue weighted by Gasteiger charge is -2.33. The molecule has 3 rings (SSSR count). The Kier molecular flexibility index (Phi) is 7.55. The van der Waals surface area contributed by atoms with Crippen LogP contribution >= 0.6 is 35.6 Å². The number of ether oxygens (including phenoxy) is 1. The first kappa shape index (κ1) is 22.3. The van der Waals surface area contributed by atoms with Gasteiger partial charge in [-0.25, -0.2) is 4.79 Å². The number of carbonyl (C=O) groups excluding carboxylic acids is 2. The van der Waals surface area contributed by atoms with Gasteiger partial charge in [-0.05, 0) is 29.8 Å². The summed E-state index contributed by atoms with van der Waals surface area (Å²) in [4.78, 5) is 24.8. The summed E-state index contributed by atoms with van der Waals surface area (Å²) in [5.41, 5.74) is 8.26.